The summed E-state index contributed by atoms with van der Waals surface area (Å²) in [5.41, 5.74) is 3.95. The SMILES string of the molecule is Cc1ccc(S(=O)(=O)n2c(-c3ccccc3)cc(-c3ccccc3)c2C(=O)c2ccccc2)cc1. The summed E-state index contributed by atoms with van der Waals surface area (Å²) in [7, 11) is -4.11. The fourth-order valence-corrected chi connectivity index (χ4v) is 5.68. The van der Waals surface area contributed by atoms with Crippen molar-refractivity contribution in [1.82, 2.24) is 3.97 Å². The van der Waals surface area contributed by atoms with Crippen molar-refractivity contribution in [2.24, 2.45) is 0 Å². The first-order valence-electron chi connectivity index (χ1n) is 11.3. The molecule has 5 aromatic rings. The Balaban J connectivity index is 1.88. The van der Waals surface area contributed by atoms with Gasteiger partial charge in [0.1, 0.15) is 5.69 Å². The molecule has 0 amide bonds. The zero-order valence-corrected chi connectivity index (χ0v) is 19.9. The van der Waals surface area contributed by atoms with Crippen LogP contribution in [0.15, 0.2) is 126 Å². The Morgan fingerprint density at radius 1 is 0.657 bits per heavy atom. The van der Waals surface area contributed by atoms with Crippen LogP contribution in [0.25, 0.3) is 22.4 Å². The van der Waals surface area contributed by atoms with Crippen molar-refractivity contribution in [3.05, 3.63) is 138 Å². The molecule has 5 heteroatoms. The van der Waals surface area contributed by atoms with Crippen molar-refractivity contribution in [2.45, 2.75) is 11.8 Å². The number of rotatable bonds is 6. The van der Waals surface area contributed by atoms with Crippen molar-refractivity contribution in [2.75, 3.05) is 0 Å². The number of carbonyl (C=O) groups is 1. The number of ketones is 1. The smallest absolute Gasteiger partial charge is 0.268 e. The first kappa shape index (κ1) is 22.6. The lowest BCUT2D eigenvalue weighted by atomic mass is 10.00. The Labute approximate surface area is 205 Å². The van der Waals surface area contributed by atoms with Gasteiger partial charge in [-0.05, 0) is 36.2 Å². The van der Waals surface area contributed by atoms with Crippen LogP contribution >= 0.6 is 0 Å². The highest BCUT2D eigenvalue weighted by atomic mass is 32.2. The molecule has 0 bridgehead atoms. The van der Waals surface area contributed by atoms with E-state index >= 15 is 0 Å². The summed E-state index contributed by atoms with van der Waals surface area (Å²) in [6.07, 6.45) is 0. The molecule has 1 heterocycles. The van der Waals surface area contributed by atoms with Gasteiger partial charge in [0.05, 0.1) is 10.6 Å². The van der Waals surface area contributed by atoms with Crippen LogP contribution in [0, 0.1) is 6.92 Å². The lowest BCUT2D eigenvalue weighted by Gasteiger charge is -2.15. The molecule has 0 saturated carbocycles. The summed E-state index contributed by atoms with van der Waals surface area (Å²) in [6, 6.07) is 35.9. The van der Waals surface area contributed by atoms with E-state index in [-0.39, 0.29) is 16.4 Å². The minimum Gasteiger partial charge on any atom is -0.287 e. The first-order valence-corrected chi connectivity index (χ1v) is 12.7. The van der Waals surface area contributed by atoms with E-state index in [1.807, 2.05) is 73.7 Å². The van der Waals surface area contributed by atoms with E-state index in [1.165, 1.54) is 3.97 Å². The molecule has 0 saturated heterocycles. The lowest BCUT2D eigenvalue weighted by Crippen LogP contribution is -2.20. The molecule has 0 aliphatic heterocycles. The van der Waals surface area contributed by atoms with Crippen LogP contribution in [0.2, 0.25) is 0 Å². The Kier molecular flexibility index (Phi) is 5.93. The average Bonchev–Trinajstić information content (AvgIpc) is 3.32. The maximum atomic E-state index is 14.2. The molecule has 5 rings (SSSR count). The predicted octanol–water partition coefficient (Wildman–Crippen LogP) is 6.60. The number of carbonyl (C=O) groups excluding carboxylic acids is 1. The highest BCUT2D eigenvalue weighted by molar-refractivity contribution is 7.90. The second-order valence-corrected chi connectivity index (χ2v) is 10.1. The molecule has 1 aromatic heterocycles. The van der Waals surface area contributed by atoms with E-state index in [4.69, 9.17) is 0 Å². The van der Waals surface area contributed by atoms with Crippen LogP contribution in [0.5, 0.6) is 0 Å². The van der Waals surface area contributed by atoms with Crippen LogP contribution < -0.4 is 0 Å². The predicted molar refractivity (Wildman–Crippen MR) is 139 cm³/mol. The van der Waals surface area contributed by atoms with Crippen molar-refractivity contribution in [3.8, 4) is 22.4 Å². The van der Waals surface area contributed by atoms with Crippen molar-refractivity contribution < 1.29 is 13.2 Å². The zero-order chi connectivity index (χ0) is 24.4. The largest absolute Gasteiger partial charge is 0.287 e. The van der Waals surface area contributed by atoms with Gasteiger partial charge in [-0.15, -0.1) is 0 Å². The zero-order valence-electron chi connectivity index (χ0n) is 19.1. The summed E-state index contributed by atoms with van der Waals surface area (Å²) in [6.45, 7) is 1.90. The van der Waals surface area contributed by atoms with Gasteiger partial charge in [0.25, 0.3) is 10.0 Å². The van der Waals surface area contributed by atoms with Crippen molar-refractivity contribution in [3.63, 3.8) is 0 Å². The van der Waals surface area contributed by atoms with Crippen LogP contribution in [0.1, 0.15) is 21.6 Å². The molecule has 4 nitrogen and oxygen atoms in total. The molecule has 4 aromatic carbocycles. The standard InChI is InChI=1S/C30H23NO3S/c1-22-17-19-26(20-18-22)35(33,34)31-28(24-13-7-3-8-14-24)21-27(23-11-5-2-6-12-23)29(31)30(32)25-15-9-4-10-16-25/h2-21H,1H3. The van der Waals surface area contributed by atoms with E-state index < -0.39 is 10.0 Å². The van der Waals surface area contributed by atoms with Gasteiger partial charge < -0.3 is 0 Å². The normalized spacial score (nSPS) is 11.3. The van der Waals surface area contributed by atoms with Gasteiger partial charge in [-0.25, -0.2) is 12.4 Å². The molecule has 0 unspecified atom stereocenters. The third-order valence-electron chi connectivity index (χ3n) is 5.92. The van der Waals surface area contributed by atoms with Gasteiger partial charge in [0.15, 0.2) is 0 Å². The summed E-state index contributed by atoms with van der Waals surface area (Å²) in [5.74, 6) is -0.359. The Morgan fingerprint density at radius 3 is 1.74 bits per heavy atom. The minimum absolute atomic E-state index is 0.113. The number of aromatic nitrogens is 1. The second-order valence-electron chi connectivity index (χ2n) is 8.30. The van der Waals surface area contributed by atoms with E-state index in [9.17, 15) is 13.2 Å². The summed E-state index contributed by atoms with van der Waals surface area (Å²) < 4.78 is 29.5. The van der Waals surface area contributed by atoms with E-state index in [0.717, 1.165) is 11.1 Å². The number of hydrogen-bond donors (Lipinski definition) is 0. The van der Waals surface area contributed by atoms with Gasteiger partial charge in [-0.3, -0.25) is 4.79 Å². The molecule has 0 radical (unpaired) electrons. The quantitative estimate of drug-likeness (QED) is 0.259. The molecule has 0 fully saturated rings. The molecule has 172 valence electrons. The van der Waals surface area contributed by atoms with E-state index in [1.54, 1.807) is 54.6 Å². The Hall–Kier alpha value is -4.22. The average molecular weight is 478 g/mol. The van der Waals surface area contributed by atoms with E-state index in [0.29, 0.717) is 22.4 Å². The molecule has 0 N–H and O–H groups in total. The maximum Gasteiger partial charge on any atom is 0.268 e. The van der Waals surface area contributed by atoms with Gasteiger partial charge in [-0.2, -0.15) is 0 Å². The van der Waals surface area contributed by atoms with Crippen LogP contribution in [0.3, 0.4) is 0 Å². The summed E-state index contributed by atoms with van der Waals surface area (Å²) >= 11 is 0. The molecular formula is C30H23NO3S. The lowest BCUT2D eigenvalue weighted by molar-refractivity contribution is 0.103. The molecule has 35 heavy (non-hydrogen) atoms. The van der Waals surface area contributed by atoms with Crippen molar-refractivity contribution in [1.29, 1.82) is 0 Å². The van der Waals surface area contributed by atoms with E-state index in [2.05, 4.69) is 0 Å². The van der Waals surface area contributed by atoms with Gasteiger partial charge in [-0.1, -0.05) is 109 Å². The molecule has 0 spiro atoms. The van der Waals surface area contributed by atoms with Gasteiger partial charge in [0, 0.05) is 11.1 Å². The minimum atomic E-state index is -4.11. The Bertz CT molecular complexity index is 1590. The topological polar surface area (TPSA) is 56.1 Å². The Morgan fingerprint density at radius 2 is 1.17 bits per heavy atom. The molecule has 0 atom stereocenters. The fraction of sp³-hybridized carbons (Fsp3) is 0.0333. The summed E-state index contributed by atoms with van der Waals surface area (Å²) in [4.78, 5) is 14.1. The maximum absolute atomic E-state index is 14.2. The third kappa shape index (κ3) is 4.22. The highest BCUT2D eigenvalue weighted by Crippen LogP contribution is 2.37. The fourth-order valence-electron chi connectivity index (χ4n) is 4.15. The number of hydrogen-bond acceptors (Lipinski definition) is 3. The number of benzene rings is 4. The van der Waals surface area contributed by atoms with Crippen molar-refractivity contribution >= 4 is 15.8 Å². The monoisotopic (exact) mass is 477 g/mol. The first-order chi connectivity index (χ1) is 17.0. The second kappa shape index (κ2) is 9.20. The van der Waals surface area contributed by atoms with Gasteiger partial charge >= 0.3 is 0 Å². The molecule has 0 aliphatic rings. The highest BCUT2D eigenvalue weighted by Gasteiger charge is 2.31. The van der Waals surface area contributed by atoms with Crippen LogP contribution in [-0.2, 0) is 10.0 Å². The third-order valence-corrected chi connectivity index (χ3v) is 7.65. The number of aryl methyl sites for hydroxylation is 1. The molecular weight excluding hydrogens is 454 g/mol. The molecule has 0 aliphatic carbocycles. The van der Waals surface area contributed by atoms with Crippen LogP contribution in [0.4, 0.5) is 0 Å². The summed E-state index contributed by atoms with van der Waals surface area (Å²) in [5, 5.41) is 0. The van der Waals surface area contributed by atoms with Gasteiger partial charge in [0.2, 0.25) is 5.78 Å². The number of nitrogens with zero attached hydrogens (tertiary/aromatic N) is 1. The van der Waals surface area contributed by atoms with Crippen LogP contribution in [-0.4, -0.2) is 18.2 Å².